The molecule has 148 valence electrons. The molecule has 0 unspecified atom stereocenters. The molecule has 0 spiro atoms. The van der Waals surface area contributed by atoms with Gasteiger partial charge in [-0.15, -0.1) is 11.3 Å². The molecule has 0 fully saturated rings. The Labute approximate surface area is 171 Å². The van der Waals surface area contributed by atoms with Crippen LogP contribution in [0.5, 0.6) is 11.5 Å². The molecule has 1 N–H and O–H groups in total. The minimum atomic E-state index is -0.357. The number of thiophene rings is 1. The van der Waals surface area contributed by atoms with Gasteiger partial charge in [0.1, 0.15) is 0 Å². The largest absolute Gasteiger partial charge is 0.493 e. The van der Waals surface area contributed by atoms with E-state index in [0.29, 0.717) is 11.5 Å². The Balaban J connectivity index is 1.97. The number of H-pyrrole nitrogens is 1. The quantitative estimate of drug-likeness (QED) is 0.331. The summed E-state index contributed by atoms with van der Waals surface area (Å²) in [4.78, 5) is 15.7. The maximum atomic E-state index is 11.5. The fraction of sp³-hybridized carbons (Fsp3) is 0.182. The fourth-order valence-electron chi connectivity index (χ4n) is 3.71. The van der Waals surface area contributed by atoms with Crippen LogP contribution in [0.3, 0.4) is 0 Å². The van der Waals surface area contributed by atoms with Crippen LogP contribution in [-0.2, 0) is 0 Å². The first kappa shape index (κ1) is 19.0. The molecular weight excluding hydrogens is 388 g/mol. The highest BCUT2D eigenvalue weighted by Crippen LogP contribution is 2.42. The number of para-hydroxylation sites is 1. The lowest BCUT2D eigenvalue weighted by Crippen LogP contribution is -2.13. The molecule has 2 heterocycles. The van der Waals surface area contributed by atoms with Crippen molar-refractivity contribution in [2.24, 2.45) is 0 Å². The molecule has 0 aliphatic rings. The topological polar surface area (TPSA) is 77.4 Å². The number of hydrogen-bond acceptors (Lipinski definition) is 5. The number of nitro groups is 1. The first-order chi connectivity index (χ1) is 14.1. The second kappa shape index (κ2) is 7.97. The van der Waals surface area contributed by atoms with Crippen LogP contribution in [-0.4, -0.2) is 30.7 Å². The smallest absolute Gasteiger partial charge is 0.215 e. The zero-order valence-electron chi connectivity index (χ0n) is 16.0. The van der Waals surface area contributed by atoms with Gasteiger partial charge in [0.25, 0.3) is 0 Å². The SMILES string of the molecule is COc1ccc(-c2[nH]c3ccccc3c2[C@@H](C[N+](=O)[O-])c2cccs2)cc1OC. The zero-order chi connectivity index (χ0) is 20.4. The van der Waals surface area contributed by atoms with Crippen molar-refractivity contribution in [1.82, 2.24) is 4.98 Å². The molecule has 4 rings (SSSR count). The van der Waals surface area contributed by atoms with E-state index >= 15 is 0 Å². The predicted molar refractivity (Wildman–Crippen MR) is 115 cm³/mol. The number of aromatic amines is 1. The summed E-state index contributed by atoms with van der Waals surface area (Å²) in [5.74, 6) is 0.884. The number of ether oxygens (including phenoxy) is 2. The highest BCUT2D eigenvalue weighted by Gasteiger charge is 2.28. The molecule has 2 aromatic carbocycles. The number of nitrogens with one attached hydrogen (secondary N) is 1. The van der Waals surface area contributed by atoms with Crippen molar-refractivity contribution < 1.29 is 14.4 Å². The maximum Gasteiger partial charge on any atom is 0.215 e. The Hall–Kier alpha value is -3.32. The van der Waals surface area contributed by atoms with Crippen LogP contribution in [0.25, 0.3) is 22.2 Å². The van der Waals surface area contributed by atoms with E-state index in [9.17, 15) is 10.1 Å². The van der Waals surface area contributed by atoms with Crippen molar-refractivity contribution >= 4 is 22.2 Å². The highest BCUT2D eigenvalue weighted by atomic mass is 32.1. The molecule has 1 atom stereocenters. The third-order valence-electron chi connectivity index (χ3n) is 4.99. The van der Waals surface area contributed by atoms with Crippen molar-refractivity contribution in [2.75, 3.05) is 20.8 Å². The predicted octanol–water partition coefficient (Wildman–Crippen LogP) is 5.32. The Bertz CT molecular complexity index is 1150. The van der Waals surface area contributed by atoms with Crippen molar-refractivity contribution in [1.29, 1.82) is 0 Å². The minimum absolute atomic E-state index is 0.178. The number of rotatable bonds is 7. The monoisotopic (exact) mass is 408 g/mol. The Morgan fingerprint density at radius 2 is 1.86 bits per heavy atom. The van der Waals surface area contributed by atoms with Gasteiger partial charge in [-0.25, -0.2) is 0 Å². The third kappa shape index (κ3) is 3.56. The van der Waals surface area contributed by atoms with Gasteiger partial charge in [-0.1, -0.05) is 24.3 Å². The van der Waals surface area contributed by atoms with Gasteiger partial charge in [0.15, 0.2) is 11.5 Å². The van der Waals surface area contributed by atoms with E-state index in [1.165, 1.54) is 11.3 Å². The standard InChI is InChI=1S/C22H20N2O4S/c1-27-18-10-9-14(12-19(18)28-2)22-21(15-6-3-4-7-17(15)23-22)16(13-24(25)26)20-8-5-11-29-20/h3-12,16,23H,13H2,1-2H3/t16-/m0/s1. The Kier molecular flexibility index (Phi) is 5.22. The minimum Gasteiger partial charge on any atom is -0.493 e. The van der Waals surface area contributed by atoms with Gasteiger partial charge in [0.05, 0.1) is 25.8 Å². The summed E-state index contributed by atoms with van der Waals surface area (Å²) in [5, 5.41) is 14.5. The van der Waals surface area contributed by atoms with Crippen molar-refractivity contribution in [3.8, 4) is 22.8 Å². The number of nitrogens with zero attached hydrogens (tertiary/aromatic N) is 1. The first-order valence-electron chi connectivity index (χ1n) is 9.10. The van der Waals surface area contributed by atoms with Crippen molar-refractivity contribution in [3.05, 3.63) is 80.5 Å². The third-order valence-corrected chi connectivity index (χ3v) is 5.97. The van der Waals surface area contributed by atoms with Crippen molar-refractivity contribution in [3.63, 3.8) is 0 Å². The fourth-order valence-corrected chi connectivity index (χ4v) is 4.54. The van der Waals surface area contributed by atoms with Gasteiger partial charge in [-0.05, 0) is 35.7 Å². The lowest BCUT2D eigenvalue weighted by Gasteiger charge is -2.15. The van der Waals surface area contributed by atoms with Crippen LogP contribution < -0.4 is 9.47 Å². The molecule has 0 saturated carbocycles. The molecule has 0 radical (unpaired) electrons. The van der Waals surface area contributed by atoms with Gasteiger partial charge in [-0.3, -0.25) is 10.1 Å². The summed E-state index contributed by atoms with van der Waals surface area (Å²) in [6.45, 7) is -0.178. The van der Waals surface area contributed by atoms with Crippen LogP contribution in [0, 0.1) is 10.1 Å². The molecule has 0 amide bonds. The van der Waals surface area contributed by atoms with E-state index < -0.39 is 0 Å². The summed E-state index contributed by atoms with van der Waals surface area (Å²) in [6, 6.07) is 17.5. The number of methoxy groups -OCH3 is 2. The number of benzene rings is 2. The van der Waals surface area contributed by atoms with Gasteiger partial charge >= 0.3 is 0 Å². The lowest BCUT2D eigenvalue weighted by molar-refractivity contribution is -0.481. The molecule has 0 bridgehead atoms. The van der Waals surface area contributed by atoms with Gasteiger partial charge in [-0.2, -0.15) is 0 Å². The molecule has 6 nitrogen and oxygen atoms in total. The Morgan fingerprint density at radius 3 is 2.55 bits per heavy atom. The van der Waals surface area contributed by atoms with E-state index in [4.69, 9.17) is 9.47 Å². The molecular formula is C22H20N2O4S. The van der Waals surface area contributed by atoms with Gasteiger partial charge in [0, 0.05) is 31.8 Å². The van der Waals surface area contributed by atoms with Crippen LogP contribution in [0.2, 0.25) is 0 Å². The summed E-state index contributed by atoms with van der Waals surface area (Å²) in [5.41, 5.74) is 3.61. The average Bonchev–Trinajstić information content (AvgIpc) is 3.39. The molecule has 7 heteroatoms. The summed E-state index contributed by atoms with van der Waals surface area (Å²) in [6.07, 6.45) is 0. The zero-order valence-corrected chi connectivity index (χ0v) is 16.9. The van der Waals surface area contributed by atoms with E-state index in [1.807, 2.05) is 60.0 Å². The van der Waals surface area contributed by atoms with Gasteiger partial charge < -0.3 is 14.5 Å². The molecule has 0 saturated heterocycles. The van der Waals surface area contributed by atoms with E-state index in [-0.39, 0.29) is 17.4 Å². The summed E-state index contributed by atoms with van der Waals surface area (Å²) in [7, 11) is 3.19. The van der Waals surface area contributed by atoms with E-state index in [2.05, 4.69) is 4.98 Å². The maximum absolute atomic E-state index is 11.5. The second-order valence-corrected chi connectivity index (χ2v) is 7.59. The van der Waals surface area contributed by atoms with Crippen LogP contribution in [0.4, 0.5) is 0 Å². The lowest BCUT2D eigenvalue weighted by atomic mass is 9.92. The first-order valence-corrected chi connectivity index (χ1v) is 9.98. The molecule has 4 aromatic rings. The normalized spacial score (nSPS) is 12.1. The van der Waals surface area contributed by atoms with Crippen LogP contribution in [0.1, 0.15) is 16.4 Å². The van der Waals surface area contributed by atoms with Crippen LogP contribution in [0.15, 0.2) is 60.0 Å². The number of aromatic nitrogens is 1. The molecule has 29 heavy (non-hydrogen) atoms. The number of fused-ring (bicyclic) bond motifs is 1. The molecule has 0 aliphatic heterocycles. The second-order valence-electron chi connectivity index (χ2n) is 6.61. The summed E-state index contributed by atoms with van der Waals surface area (Å²) < 4.78 is 10.8. The van der Waals surface area contributed by atoms with Crippen molar-refractivity contribution in [2.45, 2.75) is 5.92 Å². The van der Waals surface area contributed by atoms with Gasteiger partial charge in [0.2, 0.25) is 6.54 Å². The number of hydrogen-bond donors (Lipinski definition) is 1. The molecule has 0 aliphatic carbocycles. The highest BCUT2D eigenvalue weighted by molar-refractivity contribution is 7.10. The summed E-state index contributed by atoms with van der Waals surface area (Å²) >= 11 is 1.53. The average molecular weight is 408 g/mol. The van der Waals surface area contributed by atoms with E-state index in [0.717, 1.165) is 32.6 Å². The molecule has 2 aromatic heterocycles. The Morgan fingerprint density at radius 1 is 1.07 bits per heavy atom. The van der Waals surface area contributed by atoms with Crippen LogP contribution >= 0.6 is 11.3 Å². The van der Waals surface area contributed by atoms with E-state index in [1.54, 1.807) is 14.2 Å².